The van der Waals surface area contributed by atoms with Crippen LogP contribution in [0.3, 0.4) is 0 Å². The predicted octanol–water partition coefficient (Wildman–Crippen LogP) is 4.15. The molecule has 0 heterocycles. The average Bonchev–Trinajstić information content (AvgIpc) is 2.37. The second-order valence-corrected chi connectivity index (χ2v) is 5.43. The molecule has 0 aliphatic heterocycles. The van der Waals surface area contributed by atoms with Gasteiger partial charge in [0, 0.05) is 10.2 Å². The summed E-state index contributed by atoms with van der Waals surface area (Å²) in [5, 5.41) is 3.22. The van der Waals surface area contributed by atoms with E-state index in [0.29, 0.717) is 6.61 Å². The molecule has 0 bridgehead atoms. The monoisotopic (exact) mass is 325 g/mol. The molecule has 1 aromatic rings. The number of esters is 1. The molecule has 0 saturated carbocycles. The van der Waals surface area contributed by atoms with Crippen molar-refractivity contribution in [3.8, 4) is 0 Å². The lowest BCUT2D eigenvalue weighted by Crippen LogP contribution is -2.33. The van der Waals surface area contributed by atoms with Crippen LogP contribution in [0, 0.1) is 0 Å². The molecule has 0 unspecified atom stereocenters. The second kappa shape index (κ2) is 7.34. The summed E-state index contributed by atoms with van der Waals surface area (Å²) in [6, 6.07) is 7.28. The summed E-state index contributed by atoms with van der Waals surface area (Å²) in [5.41, 5.74) is 2.99. The minimum Gasteiger partial charge on any atom is -0.464 e. The van der Waals surface area contributed by atoms with Crippen molar-refractivity contribution < 1.29 is 9.53 Å². The van der Waals surface area contributed by atoms with Crippen LogP contribution in [0.4, 0.5) is 5.69 Å². The summed E-state index contributed by atoms with van der Waals surface area (Å²) in [4.78, 5) is 12.0. The van der Waals surface area contributed by atoms with Gasteiger partial charge in [0.05, 0.1) is 6.61 Å². The van der Waals surface area contributed by atoms with Crippen LogP contribution >= 0.6 is 15.9 Å². The van der Waals surface area contributed by atoms with Crippen LogP contribution in [0.15, 0.2) is 39.9 Å². The van der Waals surface area contributed by atoms with Gasteiger partial charge in [-0.1, -0.05) is 21.5 Å². The first kappa shape index (κ1) is 15.8. The standard InChI is InChI=1S/C15H20BrNO2/c1-5-19-15(18)14(11(4)10(2)3)17-13-8-6-12(16)7-9-13/h6-9,14,17H,5H2,1-4H3/t14-/m0/s1. The zero-order chi connectivity index (χ0) is 14.4. The van der Waals surface area contributed by atoms with Crippen LogP contribution < -0.4 is 5.32 Å². The van der Waals surface area contributed by atoms with E-state index in [1.54, 1.807) is 0 Å². The van der Waals surface area contributed by atoms with E-state index in [0.717, 1.165) is 21.3 Å². The maximum atomic E-state index is 12.0. The molecule has 4 heteroatoms. The lowest BCUT2D eigenvalue weighted by Gasteiger charge is -2.20. The molecule has 3 nitrogen and oxygen atoms in total. The molecular formula is C15H20BrNO2. The van der Waals surface area contributed by atoms with Crippen LogP contribution in [0.1, 0.15) is 27.7 Å². The Bertz CT molecular complexity index is 462. The largest absolute Gasteiger partial charge is 0.464 e. The number of hydrogen-bond acceptors (Lipinski definition) is 3. The Labute approximate surface area is 123 Å². The molecule has 0 amide bonds. The molecule has 1 atom stereocenters. The number of rotatable bonds is 5. The quantitative estimate of drug-likeness (QED) is 0.652. The number of carbonyl (C=O) groups is 1. The molecular weight excluding hydrogens is 306 g/mol. The maximum Gasteiger partial charge on any atom is 0.332 e. The smallest absolute Gasteiger partial charge is 0.332 e. The van der Waals surface area contributed by atoms with Crippen molar-refractivity contribution in [2.24, 2.45) is 0 Å². The molecule has 0 aliphatic rings. The van der Waals surface area contributed by atoms with Crippen molar-refractivity contribution in [1.29, 1.82) is 0 Å². The van der Waals surface area contributed by atoms with Crippen LogP contribution in [-0.2, 0) is 9.53 Å². The number of nitrogens with one attached hydrogen (secondary N) is 1. The zero-order valence-electron chi connectivity index (χ0n) is 11.8. The Morgan fingerprint density at radius 2 is 1.84 bits per heavy atom. The highest BCUT2D eigenvalue weighted by molar-refractivity contribution is 9.10. The first-order valence-corrected chi connectivity index (χ1v) is 7.07. The van der Waals surface area contributed by atoms with Gasteiger partial charge in [-0.15, -0.1) is 0 Å². The normalized spacial score (nSPS) is 11.6. The third-order valence-electron chi connectivity index (χ3n) is 2.90. The number of allylic oxidation sites excluding steroid dienone is 1. The van der Waals surface area contributed by atoms with Crippen molar-refractivity contribution in [2.75, 3.05) is 11.9 Å². The summed E-state index contributed by atoms with van der Waals surface area (Å²) in [7, 11) is 0. The Hall–Kier alpha value is -1.29. The highest BCUT2D eigenvalue weighted by Crippen LogP contribution is 2.19. The van der Waals surface area contributed by atoms with E-state index in [-0.39, 0.29) is 5.97 Å². The minimum atomic E-state index is -0.439. The van der Waals surface area contributed by atoms with Crippen LogP contribution in [0.2, 0.25) is 0 Å². The number of halogens is 1. The van der Waals surface area contributed by atoms with Gasteiger partial charge in [-0.25, -0.2) is 4.79 Å². The Balaban J connectivity index is 2.94. The first-order chi connectivity index (χ1) is 8.95. The van der Waals surface area contributed by atoms with Crippen molar-refractivity contribution >= 4 is 27.6 Å². The van der Waals surface area contributed by atoms with Gasteiger partial charge >= 0.3 is 5.97 Å². The van der Waals surface area contributed by atoms with Crippen molar-refractivity contribution in [3.05, 3.63) is 39.9 Å². The van der Waals surface area contributed by atoms with Gasteiger partial charge in [-0.05, 0) is 57.5 Å². The molecule has 0 aromatic heterocycles. The predicted molar refractivity (Wildman–Crippen MR) is 82.2 cm³/mol. The number of hydrogen-bond donors (Lipinski definition) is 1. The third kappa shape index (κ3) is 4.71. The molecule has 19 heavy (non-hydrogen) atoms. The van der Waals surface area contributed by atoms with Gasteiger partial charge in [0.15, 0.2) is 0 Å². The van der Waals surface area contributed by atoms with Crippen LogP contribution in [-0.4, -0.2) is 18.6 Å². The van der Waals surface area contributed by atoms with Gasteiger partial charge < -0.3 is 10.1 Å². The zero-order valence-corrected chi connectivity index (χ0v) is 13.4. The van der Waals surface area contributed by atoms with E-state index in [1.807, 2.05) is 52.0 Å². The van der Waals surface area contributed by atoms with Gasteiger partial charge in [0.1, 0.15) is 6.04 Å². The first-order valence-electron chi connectivity index (χ1n) is 6.28. The van der Waals surface area contributed by atoms with Gasteiger partial charge in [0.25, 0.3) is 0 Å². The van der Waals surface area contributed by atoms with E-state index in [9.17, 15) is 4.79 Å². The highest BCUT2D eigenvalue weighted by atomic mass is 79.9. The molecule has 104 valence electrons. The Kier molecular flexibility index (Phi) is 6.09. The molecule has 1 N–H and O–H groups in total. The Morgan fingerprint density at radius 3 is 2.32 bits per heavy atom. The van der Waals surface area contributed by atoms with E-state index >= 15 is 0 Å². The summed E-state index contributed by atoms with van der Waals surface area (Å²) in [6.45, 7) is 8.12. The van der Waals surface area contributed by atoms with Gasteiger partial charge in [0.2, 0.25) is 0 Å². The fourth-order valence-corrected chi connectivity index (χ4v) is 1.84. The van der Waals surface area contributed by atoms with Crippen molar-refractivity contribution in [1.82, 2.24) is 0 Å². The number of benzene rings is 1. The fourth-order valence-electron chi connectivity index (χ4n) is 1.57. The molecule has 0 fully saturated rings. The van der Waals surface area contributed by atoms with E-state index in [2.05, 4.69) is 21.2 Å². The fraction of sp³-hybridized carbons (Fsp3) is 0.400. The van der Waals surface area contributed by atoms with E-state index in [1.165, 1.54) is 0 Å². The highest BCUT2D eigenvalue weighted by Gasteiger charge is 2.22. The van der Waals surface area contributed by atoms with Crippen LogP contribution in [0.5, 0.6) is 0 Å². The SMILES string of the molecule is CCOC(=O)[C@@H](Nc1ccc(Br)cc1)C(C)=C(C)C. The number of carbonyl (C=O) groups excluding carboxylic acids is 1. The minimum absolute atomic E-state index is 0.246. The van der Waals surface area contributed by atoms with Crippen LogP contribution in [0.25, 0.3) is 0 Å². The third-order valence-corrected chi connectivity index (χ3v) is 3.43. The summed E-state index contributed by atoms with van der Waals surface area (Å²) in [6.07, 6.45) is 0. The van der Waals surface area contributed by atoms with Gasteiger partial charge in [-0.3, -0.25) is 0 Å². The molecule has 0 aliphatic carbocycles. The molecule has 1 rings (SSSR count). The summed E-state index contributed by atoms with van der Waals surface area (Å²) < 4.78 is 6.13. The van der Waals surface area contributed by atoms with Gasteiger partial charge in [-0.2, -0.15) is 0 Å². The lowest BCUT2D eigenvalue weighted by molar-refractivity contribution is -0.143. The summed E-state index contributed by atoms with van der Waals surface area (Å²) >= 11 is 3.39. The maximum absolute atomic E-state index is 12.0. The number of ether oxygens (including phenoxy) is 1. The van der Waals surface area contributed by atoms with E-state index in [4.69, 9.17) is 4.74 Å². The molecule has 0 radical (unpaired) electrons. The topological polar surface area (TPSA) is 38.3 Å². The number of anilines is 1. The lowest BCUT2D eigenvalue weighted by atomic mass is 10.0. The van der Waals surface area contributed by atoms with E-state index < -0.39 is 6.04 Å². The van der Waals surface area contributed by atoms with Crippen molar-refractivity contribution in [2.45, 2.75) is 33.7 Å². The van der Waals surface area contributed by atoms with Crippen molar-refractivity contribution in [3.63, 3.8) is 0 Å². The molecule has 0 saturated heterocycles. The second-order valence-electron chi connectivity index (χ2n) is 4.52. The summed E-state index contributed by atoms with van der Waals surface area (Å²) in [5.74, 6) is -0.246. The molecule has 1 aromatic carbocycles. The average molecular weight is 326 g/mol. The Morgan fingerprint density at radius 1 is 1.26 bits per heavy atom. The molecule has 0 spiro atoms.